The Kier molecular flexibility index (Phi) is 7.65. The van der Waals surface area contributed by atoms with Crippen LogP contribution in [0, 0.1) is 6.92 Å². The van der Waals surface area contributed by atoms with Crippen molar-refractivity contribution in [2.24, 2.45) is 0 Å². The summed E-state index contributed by atoms with van der Waals surface area (Å²) in [5.74, 6) is 0.224. The number of carbonyl (C=O) groups excluding carboxylic acids is 1. The molecule has 7 nitrogen and oxygen atoms in total. The van der Waals surface area contributed by atoms with Gasteiger partial charge in [0.1, 0.15) is 5.75 Å². The van der Waals surface area contributed by atoms with Gasteiger partial charge in [0.25, 0.3) is 0 Å². The molecule has 0 unspecified atom stereocenters. The molecule has 0 saturated heterocycles. The highest BCUT2D eigenvalue weighted by Gasteiger charge is 2.23. The molecule has 1 aromatic rings. The summed E-state index contributed by atoms with van der Waals surface area (Å²) in [6.07, 6.45) is 0. The van der Waals surface area contributed by atoms with Crippen LogP contribution in [0.25, 0.3) is 0 Å². The summed E-state index contributed by atoms with van der Waals surface area (Å²) in [4.78, 5) is 12.1. The highest BCUT2D eigenvalue weighted by molar-refractivity contribution is 7.89. The number of carbonyl (C=O) groups is 1. The molecule has 1 rings (SSSR count). The van der Waals surface area contributed by atoms with E-state index in [1.807, 2.05) is 6.92 Å². The van der Waals surface area contributed by atoms with Crippen molar-refractivity contribution in [1.29, 1.82) is 0 Å². The van der Waals surface area contributed by atoms with Crippen LogP contribution in [0.15, 0.2) is 23.1 Å². The van der Waals surface area contributed by atoms with Gasteiger partial charge in [0, 0.05) is 13.2 Å². The van der Waals surface area contributed by atoms with E-state index in [0.29, 0.717) is 24.5 Å². The average Bonchev–Trinajstić information content (AvgIpc) is 2.49. The van der Waals surface area contributed by atoms with Gasteiger partial charge in [-0.1, -0.05) is 0 Å². The number of sulfonamides is 1. The quantitative estimate of drug-likeness (QED) is 0.692. The first-order valence-corrected chi connectivity index (χ1v) is 9.24. The molecule has 24 heavy (non-hydrogen) atoms. The van der Waals surface area contributed by atoms with Crippen LogP contribution in [0.1, 0.15) is 26.3 Å². The van der Waals surface area contributed by atoms with Crippen molar-refractivity contribution in [3.63, 3.8) is 0 Å². The molecule has 136 valence electrons. The topological polar surface area (TPSA) is 93.7 Å². The molecule has 2 atom stereocenters. The molecule has 1 aromatic carbocycles. The molecule has 0 spiro atoms. The van der Waals surface area contributed by atoms with Crippen molar-refractivity contribution in [3.8, 4) is 5.75 Å². The number of methoxy groups -OCH3 is 1. The lowest BCUT2D eigenvalue weighted by atomic mass is 10.2. The molecule has 0 heterocycles. The van der Waals surface area contributed by atoms with Gasteiger partial charge in [-0.2, -0.15) is 4.72 Å². The monoisotopic (exact) mass is 358 g/mol. The van der Waals surface area contributed by atoms with Crippen LogP contribution >= 0.6 is 0 Å². The Morgan fingerprint density at radius 3 is 2.50 bits per heavy atom. The fraction of sp³-hybridized carbons (Fsp3) is 0.562. The van der Waals surface area contributed by atoms with Crippen LogP contribution in [0.5, 0.6) is 5.75 Å². The summed E-state index contributed by atoms with van der Waals surface area (Å²) in [6.45, 7) is 7.75. The lowest BCUT2D eigenvalue weighted by Gasteiger charge is -2.18. The third-order valence-corrected chi connectivity index (χ3v) is 4.83. The first kappa shape index (κ1) is 20.4. The minimum atomic E-state index is -3.80. The molecule has 0 aliphatic heterocycles. The predicted molar refractivity (Wildman–Crippen MR) is 91.6 cm³/mol. The van der Waals surface area contributed by atoms with Gasteiger partial charge in [-0.3, -0.25) is 4.79 Å². The fourth-order valence-electron chi connectivity index (χ4n) is 2.12. The van der Waals surface area contributed by atoms with Gasteiger partial charge in [-0.05, 0) is 51.5 Å². The van der Waals surface area contributed by atoms with Crippen molar-refractivity contribution < 1.29 is 22.7 Å². The summed E-state index contributed by atoms with van der Waals surface area (Å²) in [6, 6.07) is 3.48. The van der Waals surface area contributed by atoms with E-state index in [9.17, 15) is 13.2 Å². The summed E-state index contributed by atoms with van der Waals surface area (Å²) in [5, 5.41) is 2.68. The maximum Gasteiger partial charge on any atom is 0.241 e. The third kappa shape index (κ3) is 5.77. The van der Waals surface area contributed by atoms with E-state index in [0.717, 1.165) is 0 Å². The molecule has 0 aromatic heterocycles. The van der Waals surface area contributed by atoms with Crippen molar-refractivity contribution >= 4 is 15.9 Å². The maximum absolute atomic E-state index is 12.4. The number of rotatable bonds is 9. The van der Waals surface area contributed by atoms with Crippen molar-refractivity contribution in [3.05, 3.63) is 23.8 Å². The molecule has 0 saturated carbocycles. The fourth-order valence-corrected chi connectivity index (χ4v) is 3.41. The third-order valence-electron chi connectivity index (χ3n) is 3.29. The second-order valence-corrected chi connectivity index (χ2v) is 7.28. The number of hydrogen-bond donors (Lipinski definition) is 2. The van der Waals surface area contributed by atoms with Crippen molar-refractivity contribution in [2.75, 3.05) is 20.3 Å². The van der Waals surface area contributed by atoms with Gasteiger partial charge >= 0.3 is 0 Å². The Hall–Kier alpha value is -1.64. The molecule has 0 radical (unpaired) electrons. The molecular formula is C16H26N2O5S. The molecule has 8 heteroatoms. The molecule has 0 bridgehead atoms. The molecule has 0 fully saturated rings. The molecule has 2 N–H and O–H groups in total. The zero-order chi connectivity index (χ0) is 18.3. The number of aryl methyl sites for hydroxylation is 1. The Labute approximate surface area is 143 Å². The van der Waals surface area contributed by atoms with E-state index in [-0.39, 0.29) is 10.9 Å². The normalized spacial score (nSPS) is 14.0. The molecular weight excluding hydrogens is 332 g/mol. The van der Waals surface area contributed by atoms with Gasteiger partial charge in [0.2, 0.25) is 15.9 Å². The predicted octanol–water partition coefficient (Wildman–Crippen LogP) is 1.21. The number of nitrogens with one attached hydrogen (secondary N) is 2. The number of ether oxygens (including phenoxy) is 2. The lowest BCUT2D eigenvalue weighted by Crippen LogP contribution is -2.48. The molecule has 1 amide bonds. The lowest BCUT2D eigenvalue weighted by molar-refractivity contribution is -0.123. The Bertz CT molecular complexity index is 660. The average molecular weight is 358 g/mol. The van der Waals surface area contributed by atoms with Crippen LogP contribution < -0.4 is 14.8 Å². The minimum Gasteiger partial charge on any atom is -0.494 e. The van der Waals surface area contributed by atoms with Crippen LogP contribution in [-0.4, -0.2) is 46.7 Å². The Morgan fingerprint density at radius 2 is 1.96 bits per heavy atom. The summed E-state index contributed by atoms with van der Waals surface area (Å²) >= 11 is 0. The smallest absolute Gasteiger partial charge is 0.241 e. The summed E-state index contributed by atoms with van der Waals surface area (Å²) in [7, 11) is -2.27. The zero-order valence-corrected chi connectivity index (χ0v) is 15.6. The highest BCUT2D eigenvalue weighted by Crippen LogP contribution is 2.21. The van der Waals surface area contributed by atoms with Crippen molar-refractivity contribution in [1.82, 2.24) is 10.0 Å². The van der Waals surface area contributed by atoms with Crippen molar-refractivity contribution in [2.45, 2.75) is 44.7 Å². The van der Waals surface area contributed by atoms with Crippen LogP contribution in [0.3, 0.4) is 0 Å². The zero-order valence-electron chi connectivity index (χ0n) is 14.8. The number of benzene rings is 1. The van der Waals surface area contributed by atoms with E-state index in [2.05, 4.69) is 10.0 Å². The van der Waals surface area contributed by atoms with Crippen LogP contribution in [0.4, 0.5) is 0 Å². The Balaban J connectivity index is 2.82. The Morgan fingerprint density at radius 1 is 1.29 bits per heavy atom. The van der Waals surface area contributed by atoms with E-state index in [1.54, 1.807) is 19.9 Å². The van der Waals surface area contributed by atoms with E-state index in [1.165, 1.54) is 26.2 Å². The maximum atomic E-state index is 12.4. The van der Waals surface area contributed by atoms with Gasteiger partial charge < -0.3 is 14.8 Å². The first-order chi connectivity index (χ1) is 11.2. The molecule has 0 aliphatic rings. The van der Waals surface area contributed by atoms with Crippen LogP contribution in [0.2, 0.25) is 0 Å². The largest absolute Gasteiger partial charge is 0.494 e. The van der Waals surface area contributed by atoms with Gasteiger partial charge in [0.05, 0.1) is 24.2 Å². The second kappa shape index (κ2) is 9.00. The van der Waals surface area contributed by atoms with Gasteiger partial charge in [-0.25, -0.2) is 8.42 Å². The number of amides is 1. The van der Waals surface area contributed by atoms with E-state index < -0.39 is 22.0 Å². The minimum absolute atomic E-state index is 0.0908. The highest BCUT2D eigenvalue weighted by atomic mass is 32.2. The number of hydrogen-bond acceptors (Lipinski definition) is 5. The van der Waals surface area contributed by atoms with Gasteiger partial charge in [0.15, 0.2) is 0 Å². The van der Waals surface area contributed by atoms with Gasteiger partial charge in [-0.15, -0.1) is 0 Å². The molecule has 0 aliphatic carbocycles. The summed E-state index contributed by atoms with van der Waals surface area (Å²) < 4.78 is 37.6. The standard InChI is InChI=1S/C16H26N2O5S/c1-6-23-15-8-7-14(9-11(15)2)24(20,21)18-13(4)16(19)17-12(3)10-22-5/h7-9,12-13,18H,6,10H2,1-5H3,(H,17,19)/t12-,13-/m1/s1. The second-order valence-electron chi connectivity index (χ2n) is 5.57. The van der Waals surface area contributed by atoms with E-state index >= 15 is 0 Å². The van der Waals surface area contributed by atoms with E-state index in [4.69, 9.17) is 9.47 Å². The first-order valence-electron chi connectivity index (χ1n) is 7.76. The summed E-state index contributed by atoms with van der Waals surface area (Å²) in [5.41, 5.74) is 0.713. The van der Waals surface area contributed by atoms with Crippen LogP contribution in [-0.2, 0) is 19.6 Å². The SMILES string of the molecule is CCOc1ccc(S(=O)(=O)N[C@H](C)C(=O)N[C@H](C)COC)cc1C.